The summed E-state index contributed by atoms with van der Waals surface area (Å²) in [5.74, 6) is 0.943. The van der Waals surface area contributed by atoms with E-state index in [1.54, 1.807) is 42.5 Å². The summed E-state index contributed by atoms with van der Waals surface area (Å²) in [6.07, 6.45) is 6.46. The molecule has 8 nitrogen and oxygen atoms in total. The molecule has 1 aromatic heterocycles. The molecule has 1 saturated heterocycles. The number of pyridine rings is 1. The molecule has 166 valence electrons. The van der Waals surface area contributed by atoms with E-state index >= 15 is 0 Å². The van der Waals surface area contributed by atoms with E-state index in [0.717, 1.165) is 5.57 Å². The lowest BCUT2D eigenvalue weighted by Crippen LogP contribution is -2.38. The van der Waals surface area contributed by atoms with Gasteiger partial charge in [-0.05, 0) is 50.0 Å². The van der Waals surface area contributed by atoms with Crippen molar-refractivity contribution in [2.45, 2.75) is 31.6 Å². The van der Waals surface area contributed by atoms with Gasteiger partial charge in [0.1, 0.15) is 11.5 Å². The Balaban J connectivity index is 1.82. The highest BCUT2D eigenvalue weighted by Gasteiger charge is 2.62. The van der Waals surface area contributed by atoms with Gasteiger partial charge < -0.3 is 19.6 Å². The minimum Gasteiger partial charge on any atom is -0.458 e. The van der Waals surface area contributed by atoms with Crippen molar-refractivity contribution in [3.8, 4) is 5.75 Å². The van der Waals surface area contributed by atoms with Crippen molar-refractivity contribution in [2.75, 3.05) is 0 Å². The highest BCUT2D eigenvalue weighted by Crippen LogP contribution is 2.78. The first-order valence-electron chi connectivity index (χ1n) is 9.32. The maximum atomic E-state index is 13.0. The van der Waals surface area contributed by atoms with Gasteiger partial charge >= 0.3 is 7.60 Å². The monoisotopic (exact) mass is 465 g/mol. The molecule has 4 unspecified atom stereocenters. The van der Waals surface area contributed by atoms with E-state index in [4.69, 9.17) is 13.8 Å². The number of nitrogens with zero attached hydrogens (tertiary/aromatic N) is 1. The maximum Gasteiger partial charge on any atom is 0.371 e. The van der Waals surface area contributed by atoms with Crippen molar-refractivity contribution in [2.24, 2.45) is 0 Å². The summed E-state index contributed by atoms with van der Waals surface area (Å²) >= 11 is 0. The smallest absolute Gasteiger partial charge is 0.371 e. The summed E-state index contributed by atoms with van der Waals surface area (Å²) in [4.78, 5) is 25.3. The van der Waals surface area contributed by atoms with Gasteiger partial charge in [0.2, 0.25) is 5.08 Å². The number of benzene rings is 1. The molecule has 3 N–H and O–H groups in total. The predicted molar refractivity (Wildman–Crippen MR) is 120 cm³/mol. The molecule has 1 aliphatic heterocycles. The topological polar surface area (TPSA) is 118 Å². The minimum absolute atomic E-state index is 0.347. The standard InChI is InChI=1S/C21H25NO7P2/c1-15(2)12-16(3)27-19-9-7-18(8-10-19)20-28-30(4,24)21(23,31(25,26)29-20)13-17-6-5-11-22-14-17/h5-12,14,20,23-24H,3-4,13H2,1-2H3,(H,25,26). The average molecular weight is 465 g/mol. The third kappa shape index (κ3) is 5.08. The summed E-state index contributed by atoms with van der Waals surface area (Å²) in [7, 11) is -8.81. The lowest BCUT2D eigenvalue weighted by Gasteiger charge is -2.45. The van der Waals surface area contributed by atoms with Gasteiger partial charge in [0, 0.05) is 24.4 Å². The van der Waals surface area contributed by atoms with Crippen molar-refractivity contribution < 1.29 is 33.2 Å². The Hall–Kier alpha value is -2.02. The van der Waals surface area contributed by atoms with Gasteiger partial charge in [-0.25, -0.2) is 0 Å². The van der Waals surface area contributed by atoms with Crippen LogP contribution in [0.5, 0.6) is 5.75 Å². The molecule has 1 aromatic carbocycles. The number of aromatic nitrogens is 1. The number of aliphatic hydroxyl groups is 1. The molecule has 2 aromatic rings. The number of allylic oxidation sites excluding steroid dienone is 2. The molecule has 0 aliphatic carbocycles. The quantitative estimate of drug-likeness (QED) is 0.328. The van der Waals surface area contributed by atoms with Crippen LogP contribution in [0.2, 0.25) is 0 Å². The van der Waals surface area contributed by atoms with Crippen molar-refractivity contribution >= 4 is 21.2 Å². The van der Waals surface area contributed by atoms with E-state index in [0.29, 0.717) is 22.6 Å². The van der Waals surface area contributed by atoms with Crippen LogP contribution in [0, 0.1) is 0 Å². The van der Waals surface area contributed by atoms with Gasteiger partial charge in [-0.1, -0.05) is 30.4 Å². The average Bonchev–Trinajstić information content (AvgIpc) is 2.66. The fourth-order valence-electron chi connectivity index (χ4n) is 2.99. The van der Waals surface area contributed by atoms with Gasteiger partial charge in [0.15, 0.2) is 13.6 Å². The van der Waals surface area contributed by atoms with Crippen LogP contribution in [-0.2, 0) is 20.0 Å². The third-order valence-corrected chi connectivity index (χ3v) is 9.59. The first-order chi connectivity index (χ1) is 14.4. The van der Waals surface area contributed by atoms with Gasteiger partial charge in [-0.15, -0.1) is 0 Å². The third-order valence-electron chi connectivity index (χ3n) is 4.54. The zero-order valence-corrected chi connectivity index (χ0v) is 19.0. The molecule has 3 rings (SSSR count). The molecule has 1 fully saturated rings. The second-order valence-electron chi connectivity index (χ2n) is 7.44. The molecule has 0 saturated carbocycles. The Labute approximate surface area is 181 Å². The van der Waals surface area contributed by atoms with E-state index in [9.17, 15) is 19.5 Å². The summed E-state index contributed by atoms with van der Waals surface area (Å²) < 4.78 is 29.3. The normalized spacial score (nSPS) is 30.4. The second-order valence-corrected chi connectivity index (χ2v) is 12.1. The van der Waals surface area contributed by atoms with Crippen molar-refractivity contribution in [3.05, 3.63) is 83.9 Å². The largest absolute Gasteiger partial charge is 0.458 e. The highest BCUT2D eigenvalue weighted by atomic mass is 31.2. The molecular weight excluding hydrogens is 440 g/mol. The van der Waals surface area contributed by atoms with Gasteiger partial charge in [0.05, 0.1) is 0 Å². The summed E-state index contributed by atoms with van der Waals surface area (Å²) in [6.45, 7) is 7.64. The van der Waals surface area contributed by atoms with Crippen LogP contribution in [0.4, 0.5) is 0 Å². The Kier molecular flexibility index (Phi) is 6.75. The van der Waals surface area contributed by atoms with Crippen LogP contribution in [0.3, 0.4) is 0 Å². The summed E-state index contributed by atoms with van der Waals surface area (Å²) in [5, 5.41) is 8.38. The van der Waals surface area contributed by atoms with E-state index in [1.165, 1.54) is 12.4 Å². The molecule has 0 spiro atoms. The maximum absolute atomic E-state index is 13.0. The molecule has 10 heteroatoms. The Morgan fingerprint density at radius 2 is 1.94 bits per heavy atom. The lowest BCUT2D eigenvalue weighted by molar-refractivity contribution is -0.0473. The lowest BCUT2D eigenvalue weighted by atomic mass is 10.2. The van der Waals surface area contributed by atoms with E-state index < -0.39 is 32.7 Å². The number of hydrogen-bond donors (Lipinski definition) is 3. The van der Waals surface area contributed by atoms with Crippen LogP contribution < -0.4 is 4.74 Å². The summed E-state index contributed by atoms with van der Waals surface area (Å²) in [5.41, 5.74) is 1.80. The van der Waals surface area contributed by atoms with Crippen LogP contribution >= 0.6 is 14.9 Å². The van der Waals surface area contributed by atoms with Gasteiger partial charge in [-0.3, -0.25) is 18.6 Å². The number of ether oxygens (including phenoxy) is 1. The fourth-order valence-corrected chi connectivity index (χ4v) is 6.98. The fraction of sp³-hybridized carbons (Fsp3) is 0.238. The second kappa shape index (κ2) is 8.85. The highest BCUT2D eigenvalue weighted by molar-refractivity contribution is 7.78. The van der Waals surface area contributed by atoms with Crippen molar-refractivity contribution in [1.29, 1.82) is 0 Å². The minimum atomic E-state index is -4.78. The summed E-state index contributed by atoms with van der Waals surface area (Å²) in [6, 6.07) is 9.52. The first kappa shape index (κ1) is 23.6. The molecule has 2 heterocycles. The molecular formula is C21H25NO7P2. The Bertz CT molecular complexity index is 1050. The molecule has 0 bridgehead atoms. The van der Waals surface area contributed by atoms with E-state index in [-0.39, 0.29) is 0 Å². The van der Waals surface area contributed by atoms with Gasteiger partial charge in [0.25, 0.3) is 0 Å². The Morgan fingerprint density at radius 1 is 1.26 bits per heavy atom. The van der Waals surface area contributed by atoms with Crippen LogP contribution in [-0.4, -0.2) is 31.3 Å². The molecule has 0 amide bonds. The first-order valence-corrected chi connectivity index (χ1v) is 12.7. The van der Waals surface area contributed by atoms with Crippen LogP contribution in [0.1, 0.15) is 31.3 Å². The Morgan fingerprint density at radius 3 is 2.48 bits per heavy atom. The molecule has 4 atom stereocenters. The molecule has 1 aliphatic rings. The molecule has 31 heavy (non-hydrogen) atoms. The number of rotatable bonds is 6. The van der Waals surface area contributed by atoms with Crippen molar-refractivity contribution in [3.63, 3.8) is 0 Å². The predicted octanol–water partition coefficient (Wildman–Crippen LogP) is 4.33. The number of hydrogen-bond acceptors (Lipinski definition) is 7. The SMILES string of the molecule is C=C(C=C(C)C)Oc1ccc(C2OP(=C)(O)C(O)(Cc3cccnc3)P(=O)(O)O2)cc1. The molecule has 0 radical (unpaired) electrons. The van der Waals surface area contributed by atoms with Gasteiger partial charge in [-0.2, -0.15) is 0 Å². The van der Waals surface area contributed by atoms with Crippen LogP contribution in [0.25, 0.3) is 0 Å². The zero-order valence-electron chi connectivity index (χ0n) is 17.2. The van der Waals surface area contributed by atoms with E-state index in [2.05, 4.69) is 17.9 Å². The zero-order chi connectivity index (χ0) is 22.9. The van der Waals surface area contributed by atoms with Crippen molar-refractivity contribution in [1.82, 2.24) is 4.98 Å². The van der Waals surface area contributed by atoms with E-state index in [1.807, 2.05) is 13.8 Å². The van der Waals surface area contributed by atoms with Crippen LogP contribution in [0.15, 0.2) is 72.8 Å².